The molecule has 5 rings (SSSR count). The van der Waals surface area contributed by atoms with E-state index in [-0.39, 0.29) is 98.2 Å². The molecule has 5 aliphatic carbocycles. The first kappa shape index (κ1) is 36.4. The standard InChI is InChI=1S/C34H50O6.2Na/c1-29(2)23-12-15-34(7)24(32(23,5)14-13-25(29)40-27(37)11-10-26(35)36)9-8-21-22-20-31(4,28(38)39)17-16-30(22,3)18-19-33(21,34)6;;/h8,10-11,22-25H,9,12-20H2,1-7H3,(H,35,36)(H,38,39);;/q;2*+1/p-2/b11-10-;;/t22-,23?,24?,25+,30-,31-,32+,33-,34-;;/m1../s1. The number of hydrogen-bond acceptors (Lipinski definition) is 6. The van der Waals surface area contributed by atoms with Gasteiger partial charge in [0.05, 0.1) is 5.97 Å². The number of rotatable bonds is 4. The van der Waals surface area contributed by atoms with Crippen molar-refractivity contribution in [2.24, 2.45) is 50.2 Å². The van der Waals surface area contributed by atoms with Gasteiger partial charge < -0.3 is 24.5 Å². The average molecular weight is 599 g/mol. The maximum Gasteiger partial charge on any atom is 1.00 e. The van der Waals surface area contributed by atoms with E-state index in [0.29, 0.717) is 24.7 Å². The van der Waals surface area contributed by atoms with Gasteiger partial charge in [-0.2, -0.15) is 0 Å². The molecule has 0 aromatic rings. The number of allylic oxidation sites excluding steroid dienone is 2. The van der Waals surface area contributed by atoms with E-state index in [1.807, 2.05) is 6.92 Å². The molecule has 0 radical (unpaired) electrons. The largest absolute Gasteiger partial charge is 1.00 e. The average Bonchev–Trinajstić information content (AvgIpc) is 2.86. The van der Waals surface area contributed by atoms with Crippen LogP contribution < -0.4 is 69.3 Å². The van der Waals surface area contributed by atoms with Crippen molar-refractivity contribution in [1.29, 1.82) is 0 Å². The van der Waals surface area contributed by atoms with Gasteiger partial charge in [-0.1, -0.05) is 60.1 Å². The van der Waals surface area contributed by atoms with Crippen molar-refractivity contribution in [3.05, 3.63) is 23.8 Å². The summed E-state index contributed by atoms with van der Waals surface area (Å²) in [5.74, 6) is -1.78. The fourth-order valence-electron chi connectivity index (χ4n) is 11.0. The monoisotopic (exact) mass is 598 g/mol. The Morgan fingerprint density at radius 2 is 1.48 bits per heavy atom. The Hall–Kier alpha value is -0.110. The smallest absolute Gasteiger partial charge is 0.550 e. The van der Waals surface area contributed by atoms with Crippen LogP contribution in [0.25, 0.3) is 0 Å². The summed E-state index contributed by atoms with van der Waals surface area (Å²) in [6.45, 7) is 16.2. The van der Waals surface area contributed by atoms with E-state index >= 15 is 0 Å². The summed E-state index contributed by atoms with van der Waals surface area (Å²) in [5, 5.41) is 23.0. The molecule has 0 N–H and O–H groups in total. The summed E-state index contributed by atoms with van der Waals surface area (Å²) in [4.78, 5) is 35.4. The summed E-state index contributed by atoms with van der Waals surface area (Å²) in [6.07, 6.45) is 13.5. The number of esters is 1. The van der Waals surface area contributed by atoms with E-state index in [0.717, 1.165) is 63.5 Å². The second kappa shape index (κ2) is 11.9. The van der Waals surface area contributed by atoms with Gasteiger partial charge in [-0.05, 0) is 110 Å². The number of ether oxygens (including phenoxy) is 1. The first-order chi connectivity index (χ1) is 18.4. The Morgan fingerprint density at radius 1 is 0.833 bits per heavy atom. The van der Waals surface area contributed by atoms with Crippen LogP contribution in [0.2, 0.25) is 0 Å². The molecule has 0 heterocycles. The van der Waals surface area contributed by atoms with Gasteiger partial charge >= 0.3 is 65.1 Å². The summed E-state index contributed by atoms with van der Waals surface area (Å²) >= 11 is 0. The van der Waals surface area contributed by atoms with Crippen LogP contribution in [-0.2, 0) is 19.1 Å². The van der Waals surface area contributed by atoms with Crippen LogP contribution in [0.15, 0.2) is 23.8 Å². The molecule has 2 unspecified atom stereocenters. The quantitative estimate of drug-likeness (QED) is 0.174. The van der Waals surface area contributed by atoms with E-state index in [1.165, 1.54) is 5.57 Å². The maximum atomic E-state index is 12.4. The van der Waals surface area contributed by atoms with Gasteiger partial charge in [0.25, 0.3) is 0 Å². The van der Waals surface area contributed by atoms with Gasteiger partial charge in [-0.3, -0.25) is 0 Å². The van der Waals surface area contributed by atoms with Gasteiger partial charge in [0.15, 0.2) is 0 Å². The minimum Gasteiger partial charge on any atom is -0.550 e. The van der Waals surface area contributed by atoms with Crippen LogP contribution in [0.3, 0.4) is 0 Å². The van der Waals surface area contributed by atoms with Crippen LogP contribution >= 0.6 is 0 Å². The predicted octanol–water partition coefficient (Wildman–Crippen LogP) is -1.24. The number of carbonyl (C=O) groups is 3. The first-order valence-electron chi connectivity index (χ1n) is 15.4. The molecule has 0 amide bonds. The van der Waals surface area contributed by atoms with Gasteiger partial charge in [-0.25, -0.2) is 4.79 Å². The van der Waals surface area contributed by atoms with Crippen LogP contribution in [0.5, 0.6) is 0 Å². The van der Waals surface area contributed by atoms with E-state index in [2.05, 4.69) is 47.6 Å². The molecular formula is C34H48Na2O6. The SMILES string of the molecule is CC1(C)C2CC[C@]3(C)C(CC=C4[C@H]5C[C@](C)(C(=O)[O-])CC[C@]5(C)CC[C@]43C)[C@@]2(C)CC[C@@H]1OC(=O)/C=C\C(=O)[O-].[Na+].[Na+]. The normalized spacial score (nSPS) is 45.4. The number of aliphatic carboxylic acids is 2. The van der Waals surface area contributed by atoms with Crippen LogP contribution in [0.4, 0.5) is 0 Å². The number of carbonyl (C=O) groups excluding carboxylic acids is 3. The zero-order valence-corrected chi connectivity index (χ0v) is 31.6. The summed E-state index contributed by atoms with van der Waals surface area (Å²) < 4.78 is 5.85. The van der Waals surface area contributed by atoms with Gasteiger partial charge in [0.1, 0.15) is 6.10 Å². The fraction of sp³-hybridized carbons (Fsp3) is 0.794. The molecule has 0 aromatic carbocycles. The molecule has 0 aliphatic heterocycles. The van der Waals surface area contributed by atoms with Gasteiger partial charge in [0.2, 0.25) is 0 Å². The molecule has 8 heteroatoms. The number of fused-ring (bicyclic) bond motifs is 7. The van der Waals surface area contributed by atoms with E-state index in [9.17, 15) is 24.6 Å². The van der Waals surface area contributed by atoms with Gasteiger partial charge in [0, 0.05) is 22.9 Å². The van der Waals surface area contributed by atoms with E-state index < -0.39 is 23.3 Å². The van der Waals surface area contributed by atoms with Crippen LogP contribution in [0, 0.1) is 50.2 Å². The first-order valence-corrected chi connectivity index (χ1v) is 15.4. The second-order valence-electron chi connectivity index (χ2n) is 16.0. The number of carboxylic acids is 2. The van der Waals surface area contributed by atoms with Crippen molar-refractivity contribution in [3.63, 3.8) is 0 Å². The van der Waals surface area contributed by atoms with Gasteiger partial charge in [-0.15, -0.1) is 0 Å². The van der Waals surface area contributed by atoms with E-state index in [1.54, 1.807) is 0 Å². The van der Waals surface area contributed by atoms with Crippen LogP contribution in [0.1, 0.15) is 113 Å². The molecule has 0 aromatic heterocycles. The Labute approximate surface area is 296 Å². The number of hydrogen-bond donors (Lipinski definition) is 0. The van der Waals surface area contributed by atoms with Crippen molar-refractivity contribution in [2.75, 3.05) is 0 Å². The molecule has 42 heavy (non-hydrogen) atoms. The Balaban J connectivity index is 0.00000242. The Morgan fingerprint density at radius 3 is 2.10 bits per heavy atom. The van der Waals surface area contributed by atoms with Crippen molar-refractivity contribution in [2.45, 2.75) is 119 Å². The number of carboxylic acid groups (broad SMARTS) is 2. The molecule has 222 valence electrons. The second-order valence-corrected chi connectivity index (χ2v) is 16.0. The summed E-state index contributed by atoms with van der Waals surface area (Å²) in [7, 11) is 0. The molecule has 4 saturated carbocycles. The van der Waals surface area contributed by atoms with Crippen molar-refractivity contribution in [1.82, 2.24) is 0 Å². The minimum atomic E-state index is -1.40. The molecule has 4 fully saturated rings. The predicted molar refractivity (Wildman–Crippen MR) is 148 cm³/mol. The maximum absolute atomic E-state index is 12.4. The fourth-order valence-corrected chi connectivity index (χ4v) is 11.0. The van der Waals surface area contributed by atoms with Crippen molar-refractivity contribution >= 4 is 17.9 Å². The minimum absolute atomic E-state index is 0. The third kappa shape index (κ3) is 5.38. The summed E-state index contributed by atoms with van der Waals surface area (Å²) in [6, 6.07) is 0. The zero-order chi connectivity index (χ0) is 29.5. The topological polar surface area (TPSA) is 107 Å². The molecule has 6 nitrogen and oxygen atoms in total. The molecule has 0 bridgehead atoms. The van der Waals surface area contributed by atoms with Crippen molar-refractivity contribution < 1.29 is 88.4 Å². The molecule has 9 atom stereocenters. The molecule has 0 saturated heterocycles. The molecular weight excluding hydrogens is 550 g/mol. The third-order valence-corrected chi connectivity index (χ3v) is 13.9. The zero-order valence-electron chi connectivity index (χ0n) is 27.6. The van der Waals surface area contributed by atoms with Crippen LogP contribution in [-0.4, -0.2) is 24.0 Å². The molecule has 0 spiro atoms. The Bertz CT molecular complexity index is 1180. The summed E-state index contributed by atoms with van der Waals surface area (Å²) in [5.41, 5.74) is 0.890. The van der Waals surface area contributed by atoms with E-state index in [4.69, 9.17) is 4.74 Å². The third-order valence-electron chi connectivity index (χ3n) is 13.9. The van der Waals surface area contributed by atoms with Crippen molar-refractivity contribution in [3.8, 4) is 0 Å². The molecule has 5 aliphatic rings. The Kier molecular flexibility index (Phi) is 10.3.